The van der Waals surface area contributed by atoms with Crippen LogP contribution in [0.25, 0.3) is 22.5 Å². The van der Waals surface area contributed by atoms with Crippen molar-refractivity contribution in [1.29, 1.82) is 0 Å². The Morgan fingerprint density at radius 3 is 2.78 bits per heavy atom. The Bertz CT molecular complexity index is 979. The molecule has 0 aliphatic rings. The van der Waals surface area contributed by atoms with Gasteiger partial charge >= 0.3 is 0 Å². The number of rotatable bonds is 7. The van der Waals surface area contributed by atoms with Crippen LogP contribution in [0.15, 0.2) is 59.6 Å². The second-order valence-corrected chi connectivity index (χ2v) is 6.15. The summed E-state index contributed by atoms with van der Waals surface area (Å²) in [5.74, 6) is 1.98. The summed E-state index contributed by atoms with van der Waals surface area (Å²) in [4.78, 5) is 4.39. The Labute approximate surface area is 162 Å². The minimum atomic E-state index is 0.251. The predicted molar refractivity (Wildman–Crippen MR) is 107 cm³/mol. The molecule has 6 heteroatoms. The van der Waals surface area contributed by atoms with Gasteiger partial charge in [0.25, 0.3) is 5.89 Å². The third kappa shape index (κ3) is 4.38. The molecule has 0 radical (unpaired) electrons. The van der Waals surface area contributed by atoms with E-state index < -0.39 is 0 Å². The molecule has 138 valence electrons. The lowest BCUT2D eigenvalue weighted by molar-refractivity contribution is 0.326. The van der Waals surface area contributed by atoms with Gasteiger partial charge in [0.15, 0.2) is 11.5 Å². The van der Waals surface area contributed by atoms with E-state index in [2.05, 4.69) is 16.7 Å². The summed E-state index contributed by atoms with van der Waals surface area (Å²) in [6.45, 7) is 6.02. The molecule has 0 fully saturated rings. The van der Waals surface area contributed by atoms with Crippen LogP contribution in [-0.4, -0.2) is 23.9 Å². The highest BCUT2D eigenvalue weighted by atomic mass is 35.5. The van der Waals surface area contributed by atoms with Gasteiger partial charge in [0, 0.05) is 5.56 Å². The van der Waals surface area contributed by atoms with Crippen molar-refractivity contribution in [2.24, 2.45) is 0 Å². The molecule has 3 aromatic rings. The van der Waals surface area contributed by atoms with Crippen LogP contribution in [-0.2, 0) is 0 Å². The molecule has 0 saturated carbocycles. The molecule has 0 atom stereocenters. The van der Waals surface area contributed by atoms with Gasteiger partial charge in [0.1, 0.15) is 11.6 Å². The van der Waals surface area contributed by atoms with Crippen LogP contribution in [0.1, 0.15) is 17.0 Å². The average Bonchev–Trinajstić information content (AvgIpc) is 3.17. The molecule has 0 saturated heterocycles. The van der Waals surface area contributed by atoms with Crippen LogP contribution in [0.4, 0.5) is 0 Å². The molecule has 0 spiro atoms. The van der Waals surface area contributed by atoms with E-state index >= 15 is 0 Å². The van der Waals surface area contributed by atoms with Crippen molar-refractivity contribution in [2.45, 2.75) is 6.92 Å². The van der Waals surface area contributed by atoms with Gasteiger partial charge in [-0.05, 0) is 36.3 Å². The van der Waals surface area contributed by atoms with Crippen molar-refractivity contribution in [1.82, 2.24) is 10.1 Å². The number of hydrogen-bond donors (Lipinski definition) is 0. The van der Waals surface area contributed by atoms with E-state index in [0.29, 0.717) is 29.0 Å². The molecule has 0 N–H and O–H groups in total. The number of aromatic nitrogens is 2. The SMILES string of the molecule is C=CCOc1ccc(/C=C(\Cl)c2nc(-c3ccccc3C)no2)cc1OC. The second-order valence-electron chi connectivity index (χ2n) is 5.74. The average molecular weight is 383 g/mol. The number of nitrogens with zero attached hydrogens (tertiary/aromatic N) is 2. The maximum absolute atomic E-state index is 6.38. The first-order valence-corrected chi connectivity index (χ1v) is 8.69. The fraction of sp³-hybridized carbons (Fsp3) is 0.143. The van der Waals surface area contributed by atoms with Crippen molar-refractivity contribution < 1.29 is 14.0 Å². The standard InChI is InChI=1S/C21H19ClN2O3/c1-4-11-26-18-10-9-15(13-19(18)25-3)12-17(22)21-23-20(24-27-21)16-8-6-5-7-14(16)2/h4-10,12-13H,1,11H2,2-3H3/b17-12-. The molecule has 0 unspecified atom stereocenters. The van der Waals surface area contributed by atoms with Crippen LogP contribution in [0, 0.1) is 6.92 Å². The number of ether oxygens (including phenoxy) is 2. The van der Waals surface area contributed by atoms with Crippen LogP contribution >= 0.6 is 11.6 Å². The lowest BCUT2D eigenvalue weighted by Gasteiger charge is -2.09. The predicted octanol–water partition coefficient (Wildman–Crippen LogP) is 5.36. The molecular weight excluding hydrogens is 364 g/mol. The summed E-state index contributed by atoms with van der Waals surface area (Å²) in [7, 11) is 1.58. The molecule has 5 nitrogen and oxygen atoms in total. The fourth-order valence-electron chi connectivity index (χ4n) is 2.50. The zero-order valence-electron chi connectivity index (χ0n) is 15.1. The molecule has 0 bridgehead atoms. The zero-order chi connectivity index (χ0) is 19.2. The van der Waals surface area contributed by atoms with Crippen LogP contribution in [0.3, 0.4) is 0 Å². The molecule has 2 aromatic carbocycles. The maximum Gasteiger partial charge on any atom is 0.269 e. The van der Waals surface area contributed by atoms with Gasteiger partial charge in [-0.1, -0.05) is 59.7 Å². The lowest BCUT2D eigenvalue weighted by Crippen LogP contribution is -1.96. The Morgan fingerprint density at radius 1 is 1.22 bits per heavy atom. The van der Waals surface area contributed by atoms with Crippen LogP contribution in [0.2, 0.25) is 0 Å². The molecule has 27 heavy (non-hydrogen) atoms. The number of halogens is 1. The topological polar surface area (TPSA) is 57.4 Å². The molecule has 1 aromatic heterocycles. The quantitative estimate of drug-likeness (QED) is 0.515. The summed E-state index contributed by atoms with van der Waals surface area (Å²) in [5.41, 5.74) is 2.78. The maximum atomic E-state index is 6.38. The minimum Gasteiger partial charge on any atom is -0.493 e. The van der Waals surface area contributed by atoms with E-state index in [0.717, 1.165) is 16.7 Å². The van der Waals surface area contributed by atoms with Crippen molar-refractivity contribution >= 4 is 22.7 Å². The molecule has 3 rings (SSSR count). The van der Waals surface area contributed by atoms with Gasteiger partial charge in [0.2, 0.25) is 5.82 Å². The number of benzene rings is 2. The summed E-state index contributed by atoms with van der Waals surface area (Å²) >= 11 is 6.38. The van der Waals surface area contributed by atoms with Gasteiger partial charge in [-0.25, -0.2) is 0 Å². The Kier molecular flexibility index (Phi) is 5.94. The first-order chi connectivity index (χ1) is 13.1. The highest BCUT2D eigenvalue weighted by Crippen LogP contribution is 2.31. The first-order valence-electron chi connectivity index (χ1n) is 8.31. The number of methoxy groups -OCH3 is 1. The van der Waals surface area contributed by atoms with E-state index in [1.54, 1.807) is 19.3 Å². The number of aryl methyl sites for hydroxylation is 1. The minimum absolute atomic E-state index is 0.251. The molecular formula is C21H19ClN2O3. The van der Waals surface area contributed by atoms with E-state index in [4.69, 9.17) is 25.6 Å². The highest BCUT2D eigenvalue weighted by molar-refractivity contribution is 6.50. The molecule has 0 aliphatic carbocycles. The fourth-order valence-corrected chi connectivity index (χ4v) is 2.71. The normalized spacial score (nSPS) is 11.3. The van der Waals surface area contributed by atoms with Crippen molar-refractivity contribution in [3.05, 3.63) is 72.1 Å². The smallest absolute Gasteiger partial charge is 0.269 e. The monoisotopic (exact) mass is 382 g/mol. The van der Waals surface area contributed by atoms with E-state index in [1.165, 1.54) is 0 Å². The van der Waals surface area contributed by atoms with E-state index in [-0.39, 0.29) is 5.89 Å². The molecule has 0 aliphatic heterocycles. The highest BCUT2D eigenvalue weighted by Gasteiger charge is 2.13. The Hall–Kier alpha value is -3.05. The third-order valence-corrected chi connectivity index (χ3v) is 4.12. The summed E-state index contributed by atoms with van der Waals surface area (Å²) in [6, 6.07) is 13.3. The van der Waals surface area contributed by atoms with Crippen molar-refractivity contribution in [3.63, 3.8) is 0 Å². The summed E-state index contributed by atoms with van der Waals surface area (Å²) < 4.78 is 16.2. The second kappa shape index (κ2) is 8.56. The van der Waals surface area contributed by atoms with Crippen LogP contribution < -0.4 is 9.47 Å². The van der Waals surface area contributed by atoms with Gasteiger partial charge in [-0.15, -0.1) is 0 Å². The third-order valence-electron chi connectivity index (χ3n) is 3.85. The summed E-state index contributed by atoms with van der Waals surface area (Å²) in [6.07, 6.45) is 3.40. The zero-order valence-corrected chi connectivity index (χ0v) is 15.9. The van der Waals surface area contributed by atoms with Crippen molar-refractivity contribution in [2.75, 3.05) is 13.7 Å². The van der Waals surface area contributed by atoms with E-state index in [1.807, 2.05) is 49.4 Å². The van der Waals surface area contributed by atoms with Gasteiger partial charge in [-0.3, -0.25) is 0 Å². The number of hydrogen-bond acceptors (Lipinski definition) is 5. The Balaban J connectivity index is 1.86. The molecule has 0 amide bonds. The molecule has 1 heterocycles. The summed E-state index contributed by atoms with van der Waals surface area (Å²) in [5, 5.41) is 4.36. The van der Waals surface area contributed by atoms with Gasteiger partial charge in [-0.2, -0.15) is 4.98 Å². The van der Waals surface area contributed by atoms with Gasteiger partial charge in [0.05, 0.1) is 7.11 Å². The van der Waals surface area contributed by atoms with Crippen LogP contribution in [0.5, 0.6) is 11.5 Å². The first kappa shape index (κ1) is 18.7. The van der Waals surface area contributed by atoms with Gasteiger partial charge < -0.3 is 14.0 Å². The van der Waals surface area contributed by atoms with Crippen molar-refractivity contribution in [3.8, 4) is 22.9 Å². The lowest BCUT2D eigenvalue weighted by atomic mass is 10.1. The Morgan fingerprint density at radius 2 is 2.04 bits per heavy atom. The van der Waals surface area contributed by atoms with E-state index in [9.17, 15) is 0 Å². The largest absolute Gasteiger partial charge is 0.493 e.